The van der Waals surface area contributed by atoms with Crippen LogP contribution in [0.4, 0.5) is 5.69 Å². The largest absolute Gasteiger partial charge is 0.497 e. The number of anilines is 1. The maximum absolute atomic E-state index is 12.8. The molecule has 3 rings (SSSR count). The van der Waals surface area contributed by atoms with E-state index in [0.29, 0.717) is 24.5 Å². The molecule has 0 saturated heterocycles. The van der Waals surface area contributed by atoms with Gasteiger partial charge in [0.1, 0.15) is 12.3 Å². The van der Waals surface area contributed by atoms with Gasteiger partial charge in [0.2, 0.25) is 5.91 Å². The number of hydrogen-bond donors (Lipinski definition) is 1. The minimum atomic E-state index is -0.974. The van der Waals surface area contributed by atoms with Gasteiger partial charge < -0.3 is 19.6 Å². The predicted molar refractivity (Wildman–Crippen MR) is 98.4 cm³/mol. The Morgan fingerprint density at radius 2 is 1.77 bits per heavy atom. The molecule has 0 bridgehead atoms. The van der Waals surface area contributed by atoms with Gasteiger partial charge in [0, 0.05) is 18.8 Å². The van der Waals surface area contributed by atoms with Crippen LogP contribution in [-0.4, -0.2) is 48.6 Å². The van der Waals surface area contributed by atoms with E-state index in [1.165, 1.54) is 5.56 Å². The van der Waals surface area contributed by atoms with Crippen molar-refractivity contribution in [1.82, 2.24) is 4.90 Å². The van der Waals surface area contributed by atoms with E-state index in [-0.39, 0.29) is 19.0 Å². The summed E-state index contributed by atoms with van der Waals surface area (Å²) in [5.74, 6) is -0.364. The summed E-state index contributed by atoms with van der Waals surface area (Å²) in [6.45, 7) is 1.02. The summed E-state index contributed by atoms with van der Waals surface area (Å²) in [6, 6.07) is 15.1. The standard InChI is InChI=1S/C20H22N2O4/c1-26-18-8-6-17(7-9-18)22(14-20(24)25)13-19(23)21-11-10-15-4-2-3-5-16(15)12-21/h2-9H,10-14H2,1H3,(H,24,25). The second-order valence-corrected chi connectivity index (χ2v) is 6.28. The molecule has 1 aliphatic heterocycles. The maximum Gasteiger partial charge on any atom is 0.323 e. The highest BCUT2D eigenvalue weighted by Crippen LogP contribution is 2.21. The Balaban J connectivity index is 1.72. The Hall–Kier alpha value is -3.02. The Bertz CT molecular complexity index is 789. The molecule has 0 radical (unpaired) electrons. The second-order valence-electron chi connectivity index (χ2n) is 6.28. The summed E-state index contributed by atoms with van der Waals surface area (Å²) in [5.41, 5.74) is 3.11. The van der Waals surface area contributed by atoms with Gasteiger partial charge in [-0.3, -0.25) is 9.59 Å². The van der Waals surface area contributed by atoms with Crippen molar-refractivity contribution in [2.24, 2.45) is 0 Å². The van der Waals surface area contributed by atoms with E-state index >= 15 is 0 Å². The van der Waals surface area contributed by atoms with Crippen LogP contribution in [0.5, 0.6) is 5.75 Å². The number of ether oxygens (including phenoxy) is 1. The lowest BCUT2D eigenvalue weighted by atomic mass is 10.00. The zero-order valence-corrected chi connectivity index (χ0v) is 14.7. The Morgan fingerprint density at radius 1 is 1.08 bits per heavy atom. The SMILES string of the molecule is COc1ccc(N(CC(=O)O)CC(=O)N2CCc3ccccc3C2)cc1. The number of carbonyl (C=O) groups is 2. The van der Waals surface area contributed by atoms with Gasteiger partial charge in [-0.15, -0.1) is 0 Å². The number of benzene rings is 2. The highest BCUT2D eigenvalue weighted by atomic mass is 16.5. The predicted octanol–water partition coefficient (Wildman–Crippen LogP) is 2.17. The number of carbonyl (C=O) groups excluding carboxylic acids is 1. The van der Waals surface area contributed by atoms with E-state index in [1.54, 1.807) is 41.2 Å². The molecule has 1 amide bonds. The molecule has 0 spiro atoms. The first kappa shape index (κ1) is 17.8. The lowest BCUT2D eigenvalue weighted by Gasteiger charge is -2.31. The molecular weight excluding hydrogens is 332 g/mol. The van der Waals surface area contributed by atoms with Crippen molar-refractivity contribution in [3.63, 3.8) is 0 Å². The normalized spacial score (nSPS) is 13.0. The van der Waals surface area contributed by atoms with E-state index in [1.807, 2.05) is 18.2 Å². The first-order valence-electron chi connectivity index (χ1n) is 8.52. The molecule has 0 aliphatic carbocycles. The van der Waals surface area contributed by atoms with E-state index in [4.69, 9.17) is 4.74 Å². The number of carboxylic acids is 1. The number of nitrogens with zero attached hydrogens (tertiary/aromatic N) is 2. The maximum atomic E-state index is 12.8. The third kappa shape index (κ3) is 4.14. The van der Waals surface area contributed by atoms with Crippen molar-refractivity contribution < 1.29 is 19.4 Å². The summed E-state index contributed by atoms with van der Waals surface area (Å²) >= 11 is 0. The van der Waals surface area contributed by atoms with Crippen LogP contribution in [0, 0.1) is 0 Å². The molecule has 1 aliphatic rings. The fourth-order valence-corrected chi connectivity index (χ4v) is 3.17. The van der Waals surface area contributed by atoms with Crippen LogP contribution in [0.2, 0.25) is 0 Å². The molecule has 0 saturated carbocycles. The van der Waals surface area contributed by atoms with Gasteiger partial charge in [-0.2, -0.15) is 0 Å². The van der Waals surface area contributed by atoms with Gasteiger partial charge >= 0.3 is 5.97 Å². The lowest BCUT2D eigenvalue weighted by Crippen LogP contribution is -2.44. The van der Waals surface area contributed by atoms with Crippen molar-refractivity contribution >= 4 is 17.6 Å². The zero-order chi connectivity index (χ0) is 18.5. The van der Waals surface area contributed by atoms with Crippen LogP contribution in [0.3, 0.4) is 0 Å². The van der Waals surface area contributed by atoms with Crippen LogP contribution in [0.1, 0.15) is 11.1 Å². The number of carboxylic acid groups (broad SMARTS) is 1. The Morgan fingerprint density at radius 3 is 2.42 bits per heavy atom. The summed E-state index contributed by atoms with van der Waals surface area (Å²) in [6.07, 6.45) is 0.823. The average molecular weight is 354 g/mol. The highest BCUT2D eigenvalue weighted by Gasteiger charge is 2.23. The van der Waals surface area contributed by atoms with Crippen molar-refractivity contribution in [3.05, 3.63) is 59.7 Å². The fraction of sp³-hybridized carbons (Fsp3) is 0.300. The molecule has 1 heterocycles. The topological polar surface area (TPSA) is 70.1 Å². The third-order valence-corrected chi connectivity index (χ3v) is 4.57. The van der Waals surface area contributed by atoms with Gasteiger partial charge in [0.25, 0.3) is 0 Å². The molecule has 1 N–H and O–H groups in total. The first-order valence-corrected chi connectivity index (χ1v) is 8.52. The molecule has 26 heavy (non-hydrogen) atoms. The minimum absolute atomic E-state index is 0.0286. The quantitative estimate of drug-likeness (QED) is 0.861. The number of amides is 1. The van der Waals surface area contributed by atoms with Crippen molar-refractivity contribution in [2.45, 2.75) is 13.0 Å². The third-order valence-electron chi connectivity index (χ3n) is 4.57. The molecule has 0 fully saturated rings. The molecule has 6 nitrogen and oxygen atoms in total. The number of methoxy groups -OCH3 is 1. The van der Waals surface area contributed by atoms with Gasteiger partial charge in [-0.1, -0.05) is 24.3 Å². The molecular formula is C20H22N2O4. The Labute approximate surface area is 152 Å². The van der Waals surface area contributed by atoms with Gasteiger partial charge in [-0.25, -0.2) is 0 Å². The summed E-state index contributed by atoms with van der Waals surface area (Å²) in [4.78, 5) is 27.4. The molecule has 0 aromatic heterocycles. The zero-order valence-electron chi connectivity index (χ0n) is 14.7. The van der Waals surface area contributed by atoms with Gasteiger partial charge in [0.05, 0.1) is 13.7 Å². The molecule has 0 unspecified atom stereocenters. The fourth-order valence-electron chi connectivity index (χ4n) is 3.17. The second kappa shape index (κ2) is 7.91. The molecule has 136 valence electrons. The van der Waals surface area contributed by atoms with Crippen molar-refractivity contribution in [3.8, 4) is 5.75 Å². The summed E-state index contributed by atoms with van der Waals surface area (Å²) in [7, 11) is 1.57. The van der Waals surface area contributed by atoms with E-state index in [0.717, 1.165) is 12.0 Å². The van der Waals surface area contributed by atoms with Crippen LogP contribution >= 0.6 is 0 Å². The minimum Gasteiger partial charge on any atom is -0.497 e. The summed E-state index contributed by atoms with van der Waals surface area (Å²) in [5, 5.41) is 9.21. The highest BCUT2D eigenvalue weighted by molar-refractivity contribution is 5.84. The first-order chi connectivity index (χ1) is 12.6. The Kier molecular flexibility index (Phi) is 5.41. The van der Waals surface area contributed by atoms with Crippen molar-refractivity contribution in [1.29, 1.82) is 0 Å². The van der Waals surface area contributed by atoms with Gasteiger partial charge in [0.15, 0.2) is 0 Å². The number of hydrogen-bond acceptors (Lipinski definition) is 4. The van der Waals surface area contributed by atoms with Crippen molar-refractivity contribution in [2.75, 3.05) is 31.6 Å². The molecule has 6 heteroatoms. The summed E-state index contributed by atoms with van der Waals surface area (Å²) < 4.78 is 5.13. The smallest absolute Gasteiger partial charge is 0.323 e. The van der Waals surface area contributed by atoms with E-state index in [9.17, 15) is 14.7 Å². The lowest BCUT2D eigenvalue weighted by molar-refractivity contribution is -0.135. The number of aliphatic carboxylic acids is 1. The van der Waals surface area contributed by atoms with Crippen LogP contribution < -0.4 is 9.64 Å². The van der Waals surface area contributed by atoms with Crippen LogP contribution in [0.25, 0.3) is 0 Å². The molecule has 2 aromatic rings. The van der Waals surface area contributed by atoms with Gasteiger partial charge in [-0.05, 0) is 41.8 Å². The average Bonchev–Trinajstić information content (AvgIpc) is 2.66. The number of rotatable bonds is 6. The number of fused-ring (bicyclic) bond motifs is 1. The van der Waals surface area contributed by atoms with Crippen LogP contribution in [-0.2, 0) is 22.6 Å². The molecule has 0 atom stereocenters. The van der Waals surface area contributed by atoms with E-state index in [2.05, 4.69) is 6.07 Å². The molecule has 2 aromatic carbocycles. The van der Waals surface area contributed by atoms with E-state index < -0.39 is 5.97 Å². The van der Waals surface area contributed by atoms with Crippen LogP contribution in [0.15, 0.2) is 48.5 Å². The monoisotopic (exact) mass is 354 g/mol.